The summed E-state index contributed by atoms with van der Waals surface area (Å²) in [6, 6.07) is 11.5. The molecule has 0 radical (unpaired) electrons. The fourth-order valence-corrected chi connectivity index (χ4v) is 8.05. The minimum atomic E-state index is -1.57. The van der Waals surface area contributed by atoms with Gasteiger partial charge in [0.25, 0.3) is 0 Å². The Morgan fingerprint density at radius 3 is 1.42 bits per heavy atom. The van der Waals surface area contributed by atoms with Crippen molar-refractivity contribution in [1.29, 1.82) is 0 Å². The lowest BCUT2D eigenvalue weighted by Crippen LogP contribution is -2.61. The van der Waals surface area contributed by atoms with Crippen molar-refractivity contribution in [3.8, 4) is 0 Å². The summed E-state index contributed by atoms with van der Waals surface area (Å²) in [7, 11) is 2.47. The molecular weight excluding hydrogens is 584 g/mol. The zero-order valence-electron chi connectivity index (χ0n) is 25.2. The van der Waals surface area contributed by atoms with E-state index in [0.29, 0.717) is 5.57 Å². The number of anilines is 2. The Labute approximate surface area is 257 Å². The summed E-state index contributed by atoms with van der Waals surface area (Å²) in [6.45, 7) is 4.92. The van der Waals surface area contributed by atoms with Crippen molar-refractivity contribution in [3.63, 3.8) is 0 Å². The van der Waals surface area contributed by atoms with E-state index in [4.69, 9.17) is 14.2 Å². The van der Waals surface area contributed by atoms with Crippen molar-refractivity contribution in [2.45, 2.75) is 20.8 Å². The van der Waals surface area contributed by atoms with Gasteiger partial charge < -0.3 is 14.2 Å². The van der Waals surface area contributed by atoms with Crippen LogP contribution in [-0.4, -0.2) is 62.4 Å². The molecule has 1 saturated carbocycles. The number of nitrogens with zero attached hydrogens (tertiary/aromatic N) is 2. The number of hydrogen-bond donors (Lipinski definition) is 0. The van der Waals surface area contributed by atoms with Crippen molar-refractivity contribution in [3.05, 3.63) is 70.8 Å². The molecule has 3 fully saturated rings. The number of ether oxygens (including phenoxy) is 3. The largest absolute Gasteiger partial charge is 0.465 e. The van der Waals surface area contributed by atoms with Gasteiger partial charge in [0.2, 0.25) is 23.6 Å². The molecule has 6 atom stereocenters. The second-order valence-electron chi connectivity index (χ2n) is 11.7. The summed E-state index contributed by atoms with van der Waals surface area (Å²) < 4.78 is 14.9. The third kappa shape index (κ3) is 3.94. The normalized spacial score (nSPS) is 28.3. The highest BCUT2D eigenvalue weighted by molar-refractivity contribution is 6.27. The van der Waals surface area contributed by atoms with E-state index in [1.807, 2.05) is 0 Å². The number of carbonyl (C=O) groups excluding carboxylic acids is 7. The van der Waals surface area contributed by atoms with Crippen LogP contribution in [0.15, 0.2) is 59.7 Å². The van der Waals surface area contributed by atoms with E-state index in [1.165, 1.54) is 62.8 Å². The second kappa shape index (κ2) is 10.5. The molecule has 7 rings (SSSR count). The monoisotopic (exact) mass is 614 g/mol. The van der Waals surface area contributed by atoms with Gasteiger partial charge in [0.05, 0.1) is 67.0 Å². The first-order valence-electron chi connectivity index (χ1n) is 14.4. The number of rotatable bonds is 6. The summed E-state index contributed by atoms with van der Waals surface area (Å²) in [5.41, 5.74) is -0.145. The first-order chi connectivity index (χ1) is 21.4. The van der Waals surface area contributed by atoms with Crippen LogP contribution in [0.1, 0.15) is 41.5 Å². The van der Waals surface area contributed by atoms with Crippen LogP contribution in [-0.2, 0) is 38.2 Å². The van der Waals surface area contributed by atoms with Crippen LogP contribution in [0.25, 0.3) is 0 Å². The minimum Gasteiger partial charge on any atom is -0.465 e. The summed E-state index contributed by atoms with van der Waals surface area (Å²) >= 11 is 0. The van der Waals surface area contributed by atoms with Gasteiger partial charge in [-0.3, -0.25) is 29.0 Å². The third-order valence-electron chi connectivity index (χ3n) is 9.77. The number of carbonyl (C=O) groups is 7. The number of hydrogen-bond acceptors (Lipinski definition) is 10. The smallest absolute Gasteiger partial charge is 0.337 e. The Morgan fingerprint density at radius 2 is 1.07 bits per heavy atom. The Morgan fingerprint density at radius 1 is 0.667 bits per heavy atom. The van der Waals surface area contributed by atoms with Gasteiger partial charge in [0, 0.05) is 16.9 Å². The number of allylic oxidation sites excluding steroid dienone is 1. The van der Waals surface area contributed by atoms with E-state index >= 15 is 0 Å². The molecule has 3 aliphatic carbocycles. The molecule has 2 aliphatic heterocycles. The van der Waals surface area contributed by atoms with Gasteiger partial charge in [-0.05, 0) is 62.4 Å². The topological polar surface area (TPSA) is 154 Å². The predicted octanol–water partition coefficient (Wildman–Crippen LogP) is 2.70. The molecule has 2 unspecified atom stereocenters. The van der Waals surface area contributed by atoms with Crippen LogP contribution in [0.5, 0.6) is 0 Å². The minimum absolute atomic E-state index is 0.0373. The molecule has 12 heteroatoms. The van der Waals surface area contributed by atoms with Gasteiger partial charge in [-0.1, -0.05) is 12.5 Å². The Balaban J connectivity index is 1.47. The number of esters is 3. The van der Waals surface area contributed by atoms with Crippen LogP contribution in [0.2, 0.25) is 0 Å². The molecule has 2 heterocycles. The van der Waals surface area contributed by atoms with Gasteiger partial charge in [-0.2, -0.15) is 0 Å². The summed E-state index contributed by atoms with van der Waals surface area (Å²) in [6.07, 6.45) is 0. The molecule has 45 heavy (non-hydrogen) atoms. The molecule has 2 aromatic carbocycles. The van der Waals surface area contributed by atoms with E-state index in [9.17, 15) is 33.6 Å². The molecule has 2 bridgehead atoms. The lowest BCUT2D eigenvalue weighted by molar-refractivity contribution is -0.155. The second-order valence-corrected chi connectivity index (χ2v) is 11.7. The molecule has 2 saturated heterocycles. The average molecular weight is 615 g/mol. The molecule has 0 spiro atoms. The highest BCUT2D eigenvalue weighted by Crippen LogP contribution is 2.68. The standard InChI is InChI=1S/C33H30N2O10/c1-6-45-32(42)23-15(2)20-21-24(28(38)34(26(21)36)18-11-7-16(8-12-18)30(40)43-4)33(23,3)25-22(20)27(37)35(29(25)39)19-13-9-17(10-14-19)31(41)44-5/h7-14,20-22,24-25H,6H2,1-5H3/t20?,21-,22+,24+,25-,33?. The van der Waals surface area contributed by atoms with Gasteiger partial charge in [-0.15, -0.1) is 0 Å². The fraction of sp³-hybridized carbons (Fsp3) is 0.364. The van der Waals surface area contributed by atoms with Crippen molar-refractivity contribution in [2.75, 3.05) is 30.6 Å². The maximum absolute atomic E-state index is 14.3. The summed E-state index contributed by atoms with van der Waals surface area (Å²) in [4.78, 5) is 96.4. The summed E-state index contributed by atoms with van der Waals surface area (Å²) in [5.74, 6) is -9.51. The molecule has 5 aliphatic rings. The number of benzene rings is 2. The third-order valence-corrected chi connectivity index (χ3v) is 9.77. The highest BCUT2D eigenvalue weighted by atomic mass is 16.5. The van der Waals surface area contributed by atoms with E-state index in [2.05, 4.69) is 0 Å². The predicted molar refractivity (Wildman–Crippen MR) is 155 cm³/mol. The Kier molecular flexibility index (Phi) is 6.98. The van der Waals surface area contributed by atoms with E-state index in [-0.39, 0.29) is 34.7 Å². The van der Waals surface area contributed by atoms with Gasteiger partial charge in [-0.25, -0.2) is 14.4 Å². The molecule has 0 N–H and O–H groups in total. The molecule has 0 aromatic heterocycles. The summed E-state index contributed by atoms with van der Waals surface area (Å²) in [5, 5.41) is 0. The SMILES string of the molecule is CCOC(=O)C1=C(C)C2[C@H]3C(=O)N(c4ccc(C(=O)OC)cc4)C(=O)[C@H]3C1(C)[C@H]1C(=O)N(c3ccc(C(=O)OC)cc3)C(=O)[C@@H]21. The van der Waals surface area contributed by atoms with Crippen molar-refractivity contribution in [2.24, 2.45) is 35.0 Å². The molecular formula is C33H30N2O10. The van der Waals surface area contributed by atoms with Crippen molar-refractivity contribution in [1.82, 2.24) is 0 Å². The number of imide groups is 2. The molecule has 12 nitrogen and oxygen atoms in total. The fourth-order valence-electron chi connectivity index (χ4n) is 8.05. The van der Waals surface area contributed by atoms with E-state index < -0.39 is 76.5 Å². The Hall–Kier alpha value is -5.13. The molecule has 4 amide bonds. The number of methoxy groups -OCH3 is 2. The quantitative estimate of drug-likeness (QED) is 0.270. The first kappa shape index (κ1) is 29.9. The van der Waals surface area contributed by atoms with Gasteiger partial charge >= 0.3 is 17.9 Å². The van der Waals surface area contributed by atoms with E-state index in [0.717, 1.165) is 9.80 Å². The molecule has 232 valence electrons. The lowest BCUT2D eigenvalue weighted by atomic mass is 9.43. The maximum atomic E-state index is 14.3. The zero-order chi connectivity index (χ0) is 32.5. The van der Waals surface area contributed by atoms with Gasteiger partial charge in [0.15, 0.2) is 0 Å². The van der Waals surface area contributed by atoms with Crippen molar-refractivity contribution >= 4 is 52.9 Å². The number of amides is 4. The zero-order valence-corrected chi connectivity index (χ0v) is 25.2. The maximum Gasteiger partial charge on any atom is 0.337 e. The van der Waals surface area contributed by atoms with Gasteiger partial charge in [0.1, 0.15) is 0 Å². The highest BCUT2D eigenvalue weighted by Gasteiger charge is 2.77. The van der Waals surface area contributed by atoms with Crippen LogP contribution in [0.3, 0.4) is 0 Å². The lowest BCUT2D eigenvalue weighted by Gasteiger charge is -2.55. The molecule has 2 aromatic rings. The Bertz CT molecular complexity index is 1620. The van der Waals surface area contributed by atoms with Crippen molar-refractivity contribution < 1.29 is 47.8 Å². The van der Waals surface area contributed by atoms with E-state index in [1.54, 1.807) is 20.8 Å². The van der Waals surface area contributed by atoms with Crippen LogP contribution < -0.4 is 9.80 Å². The van der Waals surface area contributed by atoms with Crippen LogP contribution in [0, 0.1) is 35.0 Å². The first-order valence-corrected chi connectivity index (χ1v) is 14.4. The van der Waals surface area contributed by atoms with Crippen LogP contribution >= 0.6 is 0 Å². The van der Waals surface area contributed by atoms with Crippen LogP contribution in [0.4, 0.5) is 11.4 Å². The average Bonchev–Trinajstić information content (AvgIpc) is 3.46.